The molecular weight excluding hydrogens is 212 g/mol. The Morgan fingerprint density at radius 3 is 2.76 bits per heavy atom. The summed E-state index contributed by atoms with van der Waals surface area (Å²) in [7, 11) is 1.82. The SMILES string of the molecule is CCC1C2CNCC2CN1CCC(C)(C)OC. The molecule has 17 heavy (non-hydrogen) atoms. The van der Waals surface area contributed by atoms with Crippen molar-refractivity contribution in [3.05, 3.63) is 0 Å². The summed E-state index contributed by atoms with van der Waals surface area (Å²) in [4.78, 5) is 2.71. The van der Waals surface area contributed by atoms with E-state index in [1.165, 1.54) is 32.6 Å². The molecule has 0 aromatic heterocycles. The fraction of sp³-hybridized carbons (Fsp3) is 1.00. The van der Waals surface area contributed by atoms with Crippen LogP contribution in [0.1, 0.15) is 33.6 Å². The minimum Gasteiger partial charge on any atom is -0.379 e. The van der Waals surface area contributed by atoms with Gasteiger partial charge in [-0.3, -0.25) is 4.90 Å². The molecule has 3 nitrogen and oxygen atoms in total. The molecule has 0 aromatic rings. The number of rotatable bonds is 5. The van der Waals surface area contributed by atoms with Crippen LogP contribution in [0.3, 0.4) is 0 Å². The monoisotopic (exact) mass is 240 g/mol. The third-order valence-electron chi connectivity index (χ3n) is 4.80. The molecule has 2 fully saturated rings. The Morgan fingerprint density at radius 1 is 1.35 bits per heavy atom. The third-order valence-corrected chi connectivity index (χ3v) is 4.80. The quantitative estimate of drug-likeness (QED) is 0.792. The van der Waals surface area contributed by atoms with Crippen LogP contribution in [0.25, 0.3) is 0 Å². The van der Waals surface area contributed by atoms with E-state index < -0.39 is 0 Å². The van der Waals surface area contributed by atoms with Crippen LogP contribution in [0.5, 0.6) is 0 Å². The summed E-state index contributed by atoms with van der Waals surface area (Å²) in [5.41, 5.74) is 0.0221. The molecule has 2 aliphatic heterocycles. The molecule has 100 valence electrons. The third kappa shape index (κ3) is 2.83. The Morgan fingerprint density at radius 2 is 2.12 bits per heavy atom. The summed E-state index contributed by atoms with van der Waals surface area (Å²) in [6.07, 6.45) is 2.42. The molecule has 1 N–H and O–H groups in total. The molecule has 0 radical (unpaired) electrons. The van der Waals surface area contributed by atoms with E-state index in [0.29, 0.717) is 0 Å². The van der Waals surface area contributed by atoms with E-state index in [-0.39, 0.29) is 5.60 Å². The molecule has 0 aliphatic carbocycles. The maximum atomic E-state index is 5.52. The summed E-state index contributed by atoms with van der Waals surface area (Å²) < 4.78 is 5.52. The molecule has 3 atom stereocenters. The van der Waals surface area contributed by atoms with Crippen molar-refractivity contribution in [2.45, 2.75) is 45.3 Å². The van der Waals surface area contributed by atoms with Crippen LogP contribution in [0, 0.1) is 11.8 Å². The molecule has 3 heteroatoms. The number of fused-ring (bicyclic) bond motifs is 1. The van der Waals surface area contributed by atoms with Gasteiger partial charge < -0.3 is 10.1 Å². The Bertz CT molecular complexity index is 255. The summed E-state index contributed by atoms with van der Waals surface area (Å²) in [5.74, 6) is 1.79. The molecule has 2 aliphatic rings. The van der Waals surface area contributed by atoms with Gasteiger partial charge in [-0.15, -0.1) is 0 Å². The molecular formula is C14H28N2O. The fourth-order valence-corrected chi connectivity index (χ4v) is 3.44. The molecule has 0 saturated carbocycles. The van der Waals surface area contributed by atoms with Gasteiger partial charge in [0.1, 0.15) is 0 Å². The van der Waals surface area contributed by atoms with Gasteiger partial charge in [-0.2, -0.15) is 0 Å². The van der Waals surface area contributed by atoms with Crippen LogP contribution in [-0.4, -0.2) is 49.8 Å². The largest absolute Gasteiger partial charge is 0.379 e. The molecule has 3 unspecified atom stereocenters. The van der Waals surface area contributed by atoms with Gasteiger partial charge in [0.2, 0.25) is 0 Å². The summed E-state index contributed by atoms with van der Waals surface area (Å²) in [5, 5.41) is 3.54. The minimum absolute atomic E-state index is 0.0221. The van der Waals surface area contributed by atoms with E-state index in [1.54, 1.807) is 0 Å². The highest BCUT2D eigenvalue weighted by molar-refractivity contribution is 4.98. The van der Waals surface area contributed by atoms with Gasteiger partial charge in [0.25, 0.3) is 0 Å². The number of likely N-dealkylation sites (tertiary alicyclic amines) is 1. The van der Waals surface area contributed by atoms with Crippen LogP contribution < -0.4 is 5.32 Å². The Kier molecular flexibility index (Phi) is 4.11. The van der Waals surface area contributed by atoms with E-state index in [2.05, 4.69) is 31.0 Å². The number of hydrogen-bond acceptors (Lipinski definition) is 3. The maximum absolute atomic E-state index is 5.52. The smallest absolute Gasteiger partial charge is 0.0634 e. The van der Waals surface area contributed by atoms with Gasteiger partial charge in [-0.25, -0.2) is 0 Å². The van der Waals surface area contributed by atoms with Gasteiger partial charge in [0, 0.05) is 26.2 Å². The van der Waals surface area contributed by atoms with Crippen molar-refractivity contribution in [1.29, 1.82) is 0 Å². The zero-order chi connectivity index (χ0) is 12.5. The highest BCUT2D eigenvalue weighted by Gasteiger charge is 2.43. The van der Waals surface area contributed by atoms with E-state index in [9.17, 15) is 0 Å². The molecule has 2 heterocycles. The molecule has 0 bridgehead atoms. The zero-order valence-corrected chi connectivity index (χ0v) is 11.8. The standard InChI is InChI=1S/C14H28N2O/c1-5-13-12-9-15-8-11(12)10-16(13)7-6-14(2,3)17-4/h11-13,15H,5-10H2,1-4H3. The van der Waals surface area contributed by atoms with Gasteiger partial charge in [0.15, 0.2) is 0 Å². The van der Waals surface area contributed by atoms with Gasteiger partial charge >= 0.3 is 0 Å². The molecule has 2 saturated heterocycles. The van der Waals surface area contributed by atoms with E-state index in [0.717, 1.165) is 24.3 Å². The van der Waals surface area contributed by atoms with Crippen molar-refractivity contribution in [1.82, 2.24) is 10.2 Å². The van der Waals surface area contributed by atoms with Crippen LogP contribution >= 0.6 is 0 Å². The molecule has 0 spiro atoms. The van der Waals surface area contributed by atoms with Gasteiger partial charge in [-0.05, 0) is 51.6 Å². The number of methoxy groups -OCH3 is 1. The number of nitrogens with one attached hydrogen (secondary N) is 1. The van der Waals surface area contributed by atoms with Crippen molar-refractivity contribution >= 4 is 0 Å². The van der Waals surface area contributed by atoms with Crippen molar-refractivity contribution in [2.75, 3.05) is 33.3 Å². The first-order chi connectivity index (χ1) is 8.07. The topological polar surface area (TPSA) is 24.5 Å². The number of ether oxygens (including phenoxy) is 1. The van der Waals surface area contributed by atoms with Crippen LogP contribution in [0.15, 0.2) is 0 Å². The number of nitrogens with zero attached hydrogens (tertiary/aromatic N) is 1. The van der Waals surface area contributed by atoms with Gasteiger partial charge in [0.05, 0.1) is 5.60 Å². The van der Waals surface area contributed by atoms with Crippen molar-refractivity contribution in [3.8, 4) is 0 Å². The Labute approximate surface area is 106 Å². The normalized spacial score (nSPS) is 34.2. The lowest BCUT2D eigenvalue weighted by Crippen LogP contribution is -2.38. The van der Waals surface area contributed by atoms with Gasteiger partial charge in [-0.1, -0.05) is 6.92 Å². The van der Waals surface area contributed by atoms with Crippen LogP contribution in [-0.2, 0) is 4.74 Å². The van der Waals surface area contributed by atoms with E-state index in [4.69, 9.17) is 4.74 Å². The summed E-state index contributed by atoms with van der Waals surface area (Å²) >= 11 is 0. The Balaban J connectivity index is 1.89. The van der Waals surface area contributed by atoms with E-state index >= 15 is 0 Å². The first-order valence-corrected chi connectivity index (χ1v) is 7.07. The first-order valence-electron chi connectivity index (χ1n) is 7.07. The maximum Gasteiger partial charge on any atom is 0.0634 e. The highest BCUT2D eigenvalue weighted by Crippen LogP contribution is 2.34. The minimum atomic E-state index is 0.0221. The van der Waals surface area contributed by atoms with E-state index in [1.807, 2.05) is 7.11 Å². The Hall–Kier alpha value is -0.120. The van der Waals surface area contributed by atoms with Crippen LogP contribution in [0.2, 0.25) is 0 Å². The zero-order valence-electron chi connectivity index (χ0n) is 11.8. The molecule has 2 rings (SSSR count). The summed E-state index contributed by atoms with van der Waals surface area (Å²) in [6.45, 7) is 11.6. The average Bonchev–Trinajstić information content (AvgIpc) is 2.85. The van der Waals surface area contributed by atoms with Crippen LogP contribution in [0.4, 0.5) is 0 Å². The fourth-order valence-electron chi connectivity index (χ4n) is 3.44. The predicted molar refractivity (Wildman–Crippen MR) is 71.2 cm³/mol. The van der Waals surface area contributed by atoms with Crippen molar-refractivity contribution in [2.24, 2.45) is 11.8 Å². The molecule has 0 aromatic carbocycles. The first kappa shape index (κ1) is 13.3. The molecule has 0 amide bonds. The predicted octanol–water partition coefficient (Wildman–Crippen LogP) is 1.73. The highest BCUT2D eigenvalue weighted by atomic mass is 16.5. The lowest BCUT2D eigenvalue weighted by Gasteiger charge is -2.30. The van der Waals surface area contributed by atoms with Crippen molar-refractivity contribution in [3.63, 3.8) is 0 Å². The second kappa shape index (κ2) is 5.25. The second-order valence-electron chi connectivity index (χ2n) is 6.27. The van der Waals surface area contributed by atoms with Crippen molar-refractivity contribution < 1.29 is 4.74 Å². The lowest BCUT2D eigenvalue weighted by atomic mass is 9.93. The average molecular weight is 240 g/mol. The lowest BCUT2D eigenvalue weighted by molar-refractivity contribution is 0.00549. The number of hydrogen-bond donors (Lipinski definition) is 1. The second-order valence-corrected chi connectivity index (χ2v) is 6.27. The summed E-state index contributed by atoms with van der Waals surface area (Å²) in [6, 6.07) is 0.794.